The van der Waals surface area contributed by atoms with E-state index in [4.69, 9.17) is 5.10 Å². The highest BCUT2D eigenvalue weighted by molar-refractivity contribution is 6.00. The second-order valence-electron chi connectivity index (χ2n) is 18.0. The SMILES string of the molecule is C[C@@H](C(=O)N(C)c1ccc2cc(-c3n[nH]c4c3CCC(C)(C)C4)[nH]c2c1)N1CCN(CC2CCN(c3ccc4c(c3)n(C)c(=O)n4C3CCC(=O)NC3=O)CC2)CC1. The summed E-state index contributed by atoms with van der Waals surface area (Å²) in [7, 11) is 3.62. The lowest BCUT2D eigenvalue weighted by Crippen LogP contribution is -2.55. The van der Waals surface area contributed by atoms with E-state index in [9.17, 15) is 19.2 Å². The van der Waals surface area contributed by atoms with Gasteiger partial charge in [-0.3, -0.25) is 38.8 Å². The number of anilines is 2. The molecule has 3 fully saturated rings. The van der Waals surface area contributed by atoms with Gasteiger partial charge in [-0.15, -0.1) is 0 Å². The van der Waals surface area contributed by atoms with Crippen molar-refractivity contribution in [2.45, 2.75) is 77.8 Å². The second-order valence-corrected chi connectivity index (χ2v) is 18.0. The Morgan fingerprint density at radius 3 is 2.48 bits per heavy atom. The van der Waals surface area contributed by atoms with Gasteiger partial charge in [0.15, 0.2) is 0 Å². The molecule has 0 radical (unpaired) electrons. The van der Waals surface area contributed by atoms with Crippen LogP contribution in [0.1, 0.15) is 70.2 Å². The highest BCUT2D eigenvalue weighted by Gasteiger charge is 2.33. The van der Waals surface area contributed by atoms with Crippen molar-refractivity contribution in [3.63, 3.8) is 0 Å². The molecule has 3 N–H and O–H groups in total. The third-order valence-electron chi connectivity index (χ3n) is 13.6. The molecular formula is C44H56N10O4. The summed E-state index contributed by atoms with van der Waals surface area (Å²) in [6, 6.07) is 13.5. The van der Waals surface area contributed by atoms with Crippen LogP contribution in [-0.4, -0.2) is 111 Å². The van der Waals surface area contributed by atoms with Crippen molar-refractivity contribution in [3.8, 4) is 11.4 Å². The summed E-state index contributed by atoms with van der Waals surface area (Å²) in [4.78, 5) is 64.1. The van der Waals surface area contributed by atoms with Crippen LogP contribution in [0.2, 0.25) is 0 Å². The molecule has 0 bridgehead atoms. The number of likely N-dealkylation sites (N-methyl/N-ethyl adjacent to an activating group) is 1. The number of imide groups is 1. The van der Waals surface area contributed by atoms with Crippen molar-refractivity contribution >= 4 is 51.0 Å². The number of hydrogen-bond acceptors (Lipinski definition) is 8. The summed E-state index contributed by atoms with van der Waals surface area (Å²) < 4.78 is 3.14. The fourth-order valence-corrected chi connectivity index (χ4v) is 9.94. The summed E-state index contributed by atoms with van der Waals surface area (Å²) in [6.45, 7) is 13.2. The lowest BCUT2D eigenvalue weighted by molar-refractivity contribution is -0.135. The summed E-state index contributed by atoms with van der Waals surface area (Å²) in [5, 5.41) is 11.5. The fourth-order valence-electron chi connectivity index (χ4n) is 9.94. The Morgan fingerprint density at radius 2 is 1.72 bits per heavy atom. The largest absolute Gasteiger partial charge is 0.371 e. The molecule has 6 heterocycles. The van der Waals surface area contributed by atoms with Gasteiger partial charge < -0.3 is 19.7 Å². The third kappa shape index (κ3) is 7.03. The van der Waals surface area contributed by atoms with Crippen molar-refractivity contribution in [2.75, 3.05) is 62.7 Å². The quantitative estimate of drug-likeness (QED) is 0.194. The number of hydrogen-bond donors (Lipinski definition) is 3. The Hall–Kier alpha value is -5.21. The van der Waals surface area contributed by atoms with E-state index in [-0.39, 0.29) is 35.4 Å². The smallest absolute Gasteiger partial charge is 0.329 e. The number of nitrogens with one attached hydrogen (secondary N) is 3. The number of H-pyrrole nitrogens is 2. The monoisotopic (exact) mass is 788 g/mol. The summed E-state index contributed by atoms with van der Waals surface area (Å²) in [6.07, 6.45) is 5.91. The molecule has 3 amide bonds. The van der Waals surface area contributed by atoms with Crippen LogP contribution >= 0.6 is 0 Å². The minimum atomic E-state index is -0.685. The van der Waals surface area contributed by atoms with Gasteiger partial charge in [0.1, 0.15) is 11.7 Å². The van der Waals surface area contributed by atoms with Crippen molar-refractivity contribution < 1.29 is 14.4 Å². The number of benzene rings is 2. The van der Waals surface area contributed by atoms with Crippen LogP contribution in [0.4, 0.5) is 11.4 Å². The van der Waals surface area contributed by atoms with E-state index in [0.29, 0.717) is 17.9 Å². The molecule has 3 aromatic heterocycles. The van der Waals surface area contributed by atoms with Gasteiger partial charge in [0.2, 0.25) is 17.7 Å². The molecule has 2 atom stereocenters. The highest BCUT2D eigenvalue weighted by atomic mass is 16.2. The summed E-state index contributed by atoms with van der Waals surface area (Å²) in [5.74, 6) is -0.0125. The molecule has 4 aliphatic rings. The van der Waals surface area contributed by atoms with Crippen molar-refractivity contribution in [3.05, 3.63) is 64.2 Å². The van der Waals surface area contributed by atoms with Gasteiger partial charge >= 0.3 is 5.69 Å². The number of aromatic amines is 2. The zero-order valence-electron chi connectivity index (χ0n) is 34.4. The topological polar surface area (TPSA) is 148 Å². The molecule has 2 aromatic carbocycles. The van der Waals surface area contributed by atoms with Gasteiger partial charge in [-0.2, -0.15) is 5.10 Å². The average molecular weight is 789 g/mol. The van der Waals surface area contributed by atoms with E-state index in [2.05, 4.69) is 68.2 Å². The second kappa shape index (κ2) is 14.9. The van der Waals surface area contributed by atoms with Gasteiger partial charge in [0.25, 0.3) is 0 Å². The number of piperazine rings is 1. The molecule has 58 heavy (non-hydrogen) atoms. The first-order chi connectivity index (χ1) is 27.8. The van der Waals surface area contributed by atoms with E-state index < -0.39 is 11.9 Å². The molecule has 306 valence electrons. The van der Waals surface area contributed by atoms with Gasteiger partial charge in [-0.05, 0) is 93.2 Å². The number of aryl methyl sites for hydroxylation is 1. The predicted octanol–water partition coefficient (Wildman–Crippen LogP) is 4.59. The molecule has 14 heteroatoms. The first-order valence-corrected chi connectivity index (χ1v) is 21.1. The number of carbonyl (C=O) groups is 3. The van der Waals surface area contributed by atoms with E-state index in [1.807, 2.05) is 32.2 Å². The average Bonchev–Trinajstić information content (AvgIpc) is 3.90. The van der Waals surface area contributed by atoms with E-state index in [1.54, 1.807) is 16.5 Å². The van der Waals surface area contributed by atoms with Gasteiger partial charge in [0.05, 0.1) is 22.8 Å². The lowest BCUT2D eigenvalue weighted by Gasteiger charge is -2.41. The fraction of sp³-hybridized carbons (Fsp3) is 0.523. The Labute approximate surface area is 338 Å². The van der Waals surface area contributed by atoms with Crippen LogP contribution in [0.5, 0.6) is 0 Å². The molecular weight excluding hydrogens is 733 g/mol. The number of amides is 3. The predicted molar refractivity (Wildman–Crippen MR) is 226 cm³/mol. The van der Waals surface area contributed by atoms with Crippen molar-refractivity contribution in [1.29, 1.82) is 0 Å². The number of rotatable bonds is 8. The van der Waals surface area contributed by atoms with E-state index in [0.717, 1.165) is 117 Å². The normalized spacial score (nSPS) is 21.4. The molecule has 0 saturated carbocycles. The zero-order chi connectivity index (χ0) is 40.5. The van der Waals surface area contributed by atoms with Crippen molar-refractivity contribution in [2.24, 2.45) is 18.4 Å². The molecule has 0 spiro atoms. The molecule has 14 nitrogen and oxygen atoms in total. The first-order valence-electron chi connectivity index (χ1n) is 21.1. The third-order valence-corrected chi connectivity index (χ3v) is 13.6. The Bertz CT molecular complexity index is 2460. The molecule has 9 rings (SSSR count). The van der Waals surface area contributed by atoms with E-state index in [1.165, 1.54) is 15.8 Å². The minimum Gasteiger partial charge on any atom is -0.371 e. The summed E-state index contributed by atoms with van der Waals surface area (Å²) in [5.41, 5.74) is 9.09. The van der Waals surface area contributed by atoms with Gasteiger partial charge in [-0.25, -0.2) is 4.79 Å². The van der Waals surface area contributed by atoms with Crippen molar-refractivity contribution in [1.82, 2.24) is 39.4 Å². The Kier molecular flexibility index (Phi) is 9.82. The standard InChI is InChI=1S/C44H56N10O4/c1-27(42(57)49(4)30-7-6-29-22-34(45-33(29)23-30)40-32-12-15-44(2,3)25-35(32)47-48-40)52-20-18-51(19-21-52)26-28-13-16-53(17-14-28)31-8-9-36-38(24-31)50(5)43(58)54(36)37-10-11-39(55)46-41(37)56/h6-9,22-24,27-28,37,45H,10-21,25-26H2,1-5H3,(H,47,48)(H,46,55,56)/t27-,37?/m0/s1. The van der Waals surface area contributed by atoms with Gasteiger partial charge in [-0.1, -0.05) is 19.9 Å². The van der Waals surface area contributed by atoms with Crippen LogP contribution < -0.4 is 20.8 Å². The maximum Gasteiger partial charge on any atom is 0.329 e. The first kappa shape index (κ1) is 38.3. The molecule has 5 aromatic rings. The molecule has 3 aliphatic heterocycles. The maximum absolute atomic E-state index is 13.8. The van der Waals surface area contributed by atoms with Crippen LogP contribution in [0.3, 0.4) is 0 Å². The minimum absolute atomic E-state index is 0.0988. The number of imidazole rings is 1. The van der Waals surface area contributed by atoms with Crippen LogP contribution in [0, 0.1) is 11.3 Å². The number of aromatic nitrogens is 5. The van der Waals surface area contributed by atoms with Crippen LogP contribution in [0.25, 0.3) is 33.3 Å². The maximum atomic E-state index is 13.8. The lowest BCUT2D eigenvalue weighted by atomic mass is 9.76. The number of piperidine rings is 2. The summed E-state index contributed by atoms with van der Waals surface area (Å²) >= 11 is 0. The van der Waals surface area contributed by atoms with Crippen LogP contribution in [-0.2, 0) is 34.3 Å². The number of carbonyl (C=O) groups excluding carboxylic acids is 3. The Balaban J connectivity index is 0.768. The van der Waals surface area contributed by atoms with Gasteiger partial charge in [0, 0.05) is 99.9 Å². The highest BCUT2D eigenvalue weighted by Crippen LogP contribution is 2.38. The molecule has 1 aliphatic carbocycles. The number of nitrogens with zero attached hydrogens (tertiary/aromatic N) is 7. The Morgan fingerprint density at radius 1 is 0.948 bits per heavy atom. The molecule has 3 saturated heterocycles. The number of fused-ring (bicyclic) bond motifs is 3. The van der Waals surface area contributed by atoms with Crippen LogP contribution in [0.15, 0.2) is 47.3 Å². The molecule has 1 unspecified atom stereocenters. The van der Waals surface area contributed by atoms with E-state index >= 15 is 0 Å². The zero-order valence-corrected chi connectivity index (χ0v) is 34.4.